The molecule has 0 radical (unpaired) electrons. The van der Waals surface area contributed by atoms with E-state index in [2.05, 4.69) is 16.3 Å². The van der Waals surface area contributed by atoms with E-state index in [9.17, 15) is 14.4 Å². The number of amides is 1. The van der Waals surface area contributed by atoms with E-state index in [4.69, 9.17) is 9.47 Å². The molecule has 164 valence electrons. The largest absolute Gasteiger partial charge is 0.462 e. The summed E-state index contributed by atoms with van der Waals surface area (Å²) in [6, 6.07) is 12.9. The molecule has 2 aromatic rings. The molecule has 0 fully saturated rings. The summed E-state index contributed by atoms with van der Waals surface area (Å²) in [5, 5.41) is 2.70. The topological polar surface area (TPSA) is 84.9 Å². The number of esters is 1. The Balaban J connectivity index is 1.52. The zero-order valence-electron chi connectivity index (χ0n) is 17.8. The molecule has 1 aliphatic heterocycles. The molecule has 2 aromatic carbocycles. The Morgan fingerprint density at radius 1 is 1.16 bits per heavy atom. The van der Waals surface area contributed by atoms with Crippen LogP contribution in [0.3, 0.4) is 0 Å². The summed E-state index contributed by atoms with van der Waals surface area (Å²) in [6.07, 6.45) is 2.62. The van der Waals surface area contributed by atoms with Gasteiger partial charge < -0.3 is 19.7 Å². The summed E-state index contributed by atoms with van der Waals surface area (Å²) in [5.74, 6) is -0.322. The van der Waals surface area contributed by atoms with Crippen molar-refractivity contribution < 1.29 is 23.9 Å². The minimum atomic E-state index is -0.432. The Labute approximate surface area is 182 Å². The van der Waals surface area contributed by atoms with Crippen LogP contribution in [0, 0.1) is 0 Å². The number of aldehydes is 1. The van der Waals surface area contributed by atoms with Gasteiger partial charge in [-0.2, -0.15) is 0 Å². The molecule has 1 amide bonds. The number of ether oxygens (including phenoxy) is 2. The van der Waals surface area contributed by atoms with E-state index < -0.39 is 6.09 Å². The predicted octanol–water partition coefficient (Wildman–Crippen LogP) is 3.40. The number of benzene rings is 2. The molecule has 1 heterocycles. The SMILES string of the molecule is CCOC(=O)NCCc1cc(C=O)c2c(c1)CCN2CCCOC(=O)c1ccccc1. The van der Waals surface area contributed by atoms with Crippen molar-refractivity contribution in [3.05, 3.63) is 64.7 Å². The second kappa shape index (κ2) is 11.2. The summed E-state index contributed by atoms with van der Waals surface area (Å²) in [5.41, 5.74) is 4.31. The van der Waals surface area contributed by atoms with Crippen molar-refractivity contribution in [3.8, 4) is 0 Å². The maximum atomic E-state index is 12.0. The summed E-state index contributed by atoms with van der Waals surface area (Å²) in [7, 11) is 0. The number of alkyl carbamates (subject to hydrolysis) is 1. The number of carbonyl (C=O) groups is 3. The number of anilines is 1. The van der Waals surface area contributed by atoms with Crippen molar-refractivity contribution >= 4 is 24.0 Å². The summed E-state index contributed by atoms with van der Waals surface area (Å²) < 4.78 is 10.2. The quantitative estimate of drug-likeness (QED) is 0.358. The molecule has 0 bridgehead atoms. The Hall–Kier alpha value is -3.35. The van der Waals surface area contributed by atoms with Crippen LogP contribution in [-0.2, 0) is 22.3 Å². The number of carbonyl (C=O) groups excluding carboxylic acids is 3. The number of hydrogen-bond acceptors (Lipinski definition) is 6. The molecular formula is C24H28N2O5. The van der Waals surface area contributed by atoms with Crippen molar-refractivity contribution in [2.45, 2.75) is 26.2 Å². The van der Waals surface area contributed by atoms with Gasteiger partial charge in [-0.3, -0.25) is 4.79 Å². The lowest BCUT2D eigenvalue weighted by molar-refractivity contribution is 0.0502. The van der Waals surface area contributed by atoms with Crippen molar-refractivity contribution in [2.75, 3.05) is 37.7 Å². The third-order valence-electron chi connectivity index (χ3n) is 5.15. The number of fused-ring (bicyclic) bond motifs is 1. The molecule has 1 aliphatic rings. The van der Waals surface area contributed by atoms with Crippen LogP contribution < -0.4 is 10.2 Å². The Morgan fingerprint density at radius 2 is 1.97 bits per heavy atom. The van der Waals surface area contributed by atoms with Gasteiger partial charge in [0.2, 0.25) is 0 Å². The number of rotatable bonds is 10. The van der Waals surface area contributed by atoms with Gasteiger partial charge in [0.15, 0.2) is 6.29 Å². The maximum absolute atomic E-state index is 12.0. The van der Waals surface area contributed by atoms with E-state index in [0.717, 1.165) is 36.1 Å². The number of hydrogen-bond donors (Lipinski definition) is 1. The number of nitrogens with one attached hydrogen (secondary N) is 1. The summed E-state index contributed by atoms with van der Waals surface area (Å²) in [4.78, 5) is 37.3. The van der Waals surface area contributed by atoms with Crippen molar-refractivity contribution in [2.24, 2.45) is 0 Å². The van der Waals surface area contributed by atoms with Crippen LogP contribution in [0.2, 0.25) is 0 Å². The minimum Gasteiger partial charge on any atom is -0.462 e. The van der Waals surface area contributed by atoms with Gasteiger partial charge in [0.05, 0.1) is 24.5 Å². The van der Waals surface area contributed by atoms with Gasteiger partial charge in [-0.15, -0.1) is 0 Å². The first-order chi connectivity index (χ1) is 15.1. The molecule has 0 saturated heterocycles. The Morgan fingerprint density at radius 3 is 2.71 bits per heavy atom. The molecule has 31 heavy (non-hydrogen) atoms. The van der Waals surface area contributed by atoms with Crippen molar-refractivity contribution in [3.63, 3.8) is 0 Å². The zero-order valence-corrected chi connectivity index (χ0v) is 17.8. The minimum absolute atomic E-state index is 0.322. The second-order valence-corrected chi connectivity index (χ2v) is 7.30. The normalized spacial score (nSPS) is 12.2. The van der Waals surface area contributed by atoms with E-state index >= 15 is 0 Å². The van der Waals surface area contributed by atoms with E-state index in [1.54, 1.807) is 31.2 Å². The van der Waals surface area contributed by atoms with Gasteiger partial charge >= 0.3 is 12.1 Å². The van der Waals surface area contributed by atoms with Crippen LogP contribution in [0.4, 0.5) is 10.5 Å². The Bertz CT molecular complexity index is 914. The van der Waals surface area contributed by atoms with Gasteiger partial charge in [-0.1, -0.05) is 24.3 Å². The highest BCUT2D eigenvalue weighted by molar-refractivity contribution is 5.89. The lowest BCUT2D eigenvalue weighted by Crippen LogP contribution is -2.26. The van der Waals surface area contributed by atoms with Gasteiger partial charge in [-0.05, 0) is 55.5 Å². The zero-order chi connectivity index (χ0) is 22.1. The smallest absolute Gasteiger partial charge is 0.407 e. The fourth-order valence-corrected chi connectivity index (χ4v) is 3.76. The molecule has 0 atom stereocenters. The van der Waals surface area contributed by atoms with Crippen LogP contribution in [0.5, 0.6) is 0 Å². The summed E-state index contributed by atoms with van der Waals surface area (Å²) in [6.45, 7) is 4.41. The van der Waals surface area contributed by atoms with Gasteiger partial charge in [0.25, 0.3) is 0 Å². The highest BCUT2D eigenvalue weighted by atomic mass is 16.5. The predicted molar refractivity (Wildman–Crippen MR) is 118 cm³/mol. The molecule has 0 aliphatic carbocycles. The monoisotopic (exact) mass is 424 g/mol. The fourth-order valence-electron chi connectivity index (χ4n) is 3.76. The van der Waals surface area contributed by atoms with Crippen LogP contribution >= 0.6 is 0 Å². The van der Waals surface area contributed by atoms with E-state index in [0.29, 0.717) is 50.3 Å². The van der Waals surface area contributed by atoms with Crippen LogP contribution in [0.25, 0.3) is 0 Å². The van der Waals surface area contributed by atoms with Gasteiger partial charge in [0.1, 0.15) is 0 Å². The lowest BCUT2D eigenvalue weighted by Gasteiger charge is -2.21. The van der Waals surface area contributed by atoms with E-state index in [1.807, 2.05) is 12.1 Å². The number of nitrogens with zero attached hydrogens (tertiary/aromatic N) is 1. The first kappa shape index (κ1) is 22.3. The first-order valence-corrected chi connectivity index (χ1v) is 10.6. The second-order valence-electron chi connectivity index (χ2n) is 7.30. The molecule has 3 rings (SSSR count). The Kier molecular flexibility index (Phi) is 8.04. The van der Waals surface area contributed by atoms with E-state index in [1.165, 1.54) is 0 Å². The first-order valence-electron chi connectivity index (χ1n) is 10.6. The standard InChI is InChI=1S/C24H28N2O5/c1-2-30-24(29)25-11-9-18-15-20-10-13-26(22(20)21(16-18)17-27)12-6-14-31-23(28)19-7-4-3-5-8-19/h3-5,7-8,15-17H,2,6,9-14H2,1H3,(H,25,29). The maximum Gasteiger partial charge on any atom is 0.407 e. The fraction of sp³-hybridized carbons (Fsp3) is 0.375. The molecular weight excluding hydrogens is 396 g/mol. The third-order valence-corrected chi connectivity index (χ3v) is 5.15. The average Bonchev–Trinajstić information content (AvgIpc) is 3.19. The summed E-state index contributed by atoms with van der Waals surface area (Å²) >= 11 is 0. The molecule has 0 aromatic heterocycles. The molecule has 7 nitrogen and oxygen atoms in total. The van der Waals surface area contributed by atoms with Crippen molar-refractivity contribution in [1.29, 1.82) is 0 Å². The average molecular weight is 424 g/mol. The molecule has 0 unspecified atom stereocenters. The van der Waals surface area contributed by atoms with Gasteiger partial charge in [-0.25, -0.2) is 9.59 Å². The van der Waals surface area contributed by atoms with Gasteiger partial charge in [0, 0.05) is 25.2 Å². The molecule has 7 heteroatoms. The van der Waals surface area contributed by atoms with Crippen molar-refractivity contribution in [1.82, 2.24) is 5.32 Å². The van der Waals surface area contributed by atoms with Crippen LogP contribution in [-0.4, -0.2) is 51.2 Å². The molecule has 0 saturated carbocycles. The highest BCUT2D eigenvalue weighted by Gasteiger charge is 2.23. The third kappa shape index (κ3) is 6.07. The highest BCUT2D eigenvalue weighted by Crippen LogP contribution is 2.32. The van der Waals surface area contributed by atoms with Crippen LogP contribution in [0.15, 0.2) is 42.5 Å². The van der Waals surface area contributed by atoms with E-state index in [-0.39, 0.29) is 5.97 Å². The molecule has 1 N–H and O–H groups in total. The lowest BCUT2D eigenvalue weighted by atomic mass is 10.0. The van der Waals surface area contributed by atoms with Crippen LogP contribution in [0.1, 0.15) is 45.2 Å². The molecule has 0 spiro atoms.